The molecule has 1 aliphatic rings. The van der Waals surface area contributed by atoms with Gasteiger partial charge >= 0.3 is 0 Å². The van der Waals surface area contributed by atoms with Crippen LogP contribution in [-0.2, 0) is 7.05 Å². The summed E-state index contributed by atoms with van der Waals surface area (Å²) >= 11 is 0. The Bertz CT molecular complexity index is 1260. The van der Waals surface area contributed by atoms with Crippen molar-refractivity contribution in [3.05, 3.63) is 42.1 Å². The number of hydrogen-bond donors (Lipinski definition) is 2. The number of nitrogens with zero attached hydrogens (tertiary/aromatic N) is 5. The summed E-state index contributed by atoms with van der Waals surface area (Å²) < 4.78 is 1.76. The van der Waals surface area contributed by atoms with Gasteiger partial charge < -0.3 is 15.3 Å². The van der Waals surface area contributed by atoms with E-state index >= 15 is 0 Å². The predicted molar refractivity (Wildman–Crippen MR) is 120 cm³/mol. The lowest BCUT2D eigenvalue weighted by Crippen LogP contribution is -2.32. The van der Waals surface area contributed by atoms with Crippen molar-refractivity contribution in [1.82, 2.24) is 25.1 Å². The first-order valence-corrected chi connectivity index (χ1v) is 10.3. The summed E-state index contributed by atoms with van der Waals surface area (Å²) in [7, 11) is 3.90. The largest absolute Gasteiger partial charge is 0.507 e. The third-order valence-corrected chi connectivity index (χ3v) is 6.23. The van der Waals surface area contributed by atoms with Crippen LogP contribution in [0, 0.1) is 12.8 Å². The molecule has 2 unspecified atom stereocenters. The maximum Gasteiger partial charge on any atom is 0.130 e. The number of nitrogens with one attached hydrogen (secondary N) is 1. The molecule has 0 amide bonds. The van der Waals surface area contributed by atoms with E-state index in [4.69, 9.17) is 9.97 Å². The van der Waals surface area contributed by atoms with E-state index in [9.17, 15) is 5.11 Å². The van der Waals surface area contributed by atoms with Crippen LogP contribution in [0.5, 0.6) is 5.75 Å². The Morgan fingerprint density at radius 1 is 1.10 bits per heavy atom. The van der Waals surface area contributed by atoms with Crippen molar-refractivity contribution in [3.8, 4) is 17.0 Å². The minimum Gasteiger partial charge on any atom is -0.507 e. The van der Waals surface area contributed by atoms with Crippen LogP contribution < -0.4 is 10.2 Å². The molecule has 1 fully saturated rings. The molecule has 0 bridgehead atoms. The van der Waals surface area contributed by atoms with Gasteiger partial charge in [0.25, 0.3) is 0 Å². The summed E-state index contributed by atoms with van der Waals surface area (Å²) in [5, 5.41) is 19.6. The quantitative estimate of drug-likeness (QED) is 0.548. The zero-order valence-electron chi connectivity index (χ0n) is 17.7. The third-order valence-electron chi connectivity index (χ3n) is 6.23. The van der Waals surface area contributed by atoms with Crippen LogP contribution in [0.2, 0.25) is 0 Å². The molecule has 0 saturated carbocycles. The van der Waals surface area contributed by atoms with Crippen molar-refractivity contribution in [3.63, 3.8) is 0 Å². The monoisotopic (exact) mass is 402 g/mol. The standard InChI is InChI=1S/C23H26N6O/c1-13-10-29(12-20(13)24-3)21-8-7-18-19(26-21)6-5-17(25-18)16-9-15-11-28(4)27-22(15)14(2)23(16)30/h5-9,11,13,20,24,30H,10,12H2,1-4H3. The maximum atomic E-state index is 10.8. The first-order valence-electron chi connectivity index (χ1n) is 10.3. The topological polar surface area (TPSA) is 79.1 Å². The van der Waals surface area contributed by atoms with Gasteiger partial charge in [-0.3, -0.25) is 4.68 Å². The van der Waals surface area contributed by atoms with Gasteiger partial charge in [0.1, 0.15) is 11.6 Å². The summed E-state index contributed by atoms with van der Waals surface area (Å²) in [5.74, 6) is 1.79. The van der Waals surface area contributed by atoms with Crippen molar-refractivity contribution in [1.29, 1.82) is 0 Å². The molecule has 1 saturated heterocycles. The van der Waals surface area contributed by atoms with E-state index < -0.39 is 0 Å². The molecule has 5 rings (SSSR count). The van der Waals surface area contributed by atoms with Crippen LogP contribution >= 0.6 is 0 Å². The smallest absolute Gasteiger partial charge is 0.130 e. The van der Waals surface area contributed by atoms with Crippen molar-refractivity contribution in [2.45, 2.75) is 19.9 Å². The maximum absolute atomic E-state index is 10.8. The highest BCUT2D eigenvalue weighted by Gasteiger charge is 2.29. The number of pyridine rings is 2. The number of phenolic OH excluding ortho intramolecular Hbond substituents is 1. The average molecular weight is 403 g/mol. The Morgan fingerprint density at radius 3 is 2.63 bits per heavy atom. The van der Waals surface area contributed by atoms with Gasteiger partial charge in [0, 0.05) is 48.9 Å². The number of aryl methyl sites for hydroxylation is 2. The second kappa shape index (κ2) is 6.95. The predicted octanol–water partition coefficient (Wildman–Crippen LogP) is 3.24. The van der Waals surface area contributed by atoms with E-state index in [2.05, 4.69) is 22.2 Å². The zero-order chi connectivity index (χ0) is 21.0. The highest BCUT2D eigenvalue weighted by molar-refractivity contribution is 5.91. The Kier molecular flexibility index (Phi) is 4.36. The second-order valence-corrected chi connectivity index (χ2v) is 8.32. The summed E-state index contributed by atoms with van der Waals surface area (Å²) in [5.41, 5.74) is 4.69. The van der Waals surface area contributed by atoms with Crippen LogP contribution in [-0.4, -0.2) is 51.0 Å². The fourth-order valence-corrected chi connectivity index (χ4v) is 4.49. The average Bonchev–Trinajstić information content (AvgIpc) is 3.31. The van der Waals surface area contributed by atoms with E-state index in [1.165, 1.54) is 0 Å². The molecule has 3 aromatic heterocycles. The van der Waals surface area contributed by atoms with E-state index in [0.29, 0.717) is 17.5 Å². The normalized spacial score (nSPS) is 19.3. The van der Waals surface area contributed by atoms with Gasteiger partial charge in [-0.15, -0.1) is 0 Å². The zero-order valence-corrected chi connectivity index (χ0v) is 17.7. The van der Waals surface area contributed by atoms with Crippen molar-refractivity contribution < 1.29 is 5.11 Å². The van der Waals surface area contributed by atoms with Crippen LogP contribution in [0.25, 0.3) is 33.2 Å². The Balaban J connectivity index is 1.53. The van der Waals surface area contributed by atoms with Gasteiger partial charge in [0.05, 0.1) is 22.2 Å². The van der Waals surface area contributed by atoms with E-state index in [0.717, 1.165) is 52.1 Å². The molecule has 1 aliphatic heterocycles. The molecule has 0 spiro atoms. The summed E-state index contributed by atoms with van der Waals surface area (Å²) in [6, 6.07) is 10.4. The van der Waals surface area contributed by atoms with Gasteiger partial charge in [0.2, 0.25) is 0 Å². The molecule has 7 nitrogen and oxygen atoms in total. The highest BCUT2D eigenvalue weighted by atomic mass is 16.3. The van der Waals surface area contributed by atoms with E-state index in [1.54, 1.807) is 4.68 Å². The third kappa shape index (κ3) is 2.97. The lowest BCUT2D eigenvalue weighted by atomic mass is 10.0. The van der Waals surface area contributed by atoms with Crippen LogP contribution in [0.1, 0.15) is 12.5 Å². The fourth-order valence-electron chi connectivity index (χ4n) is 4.49. The number of rotatable bonds is 3. The van der Waals surface area contributed by atoms with Gasteiger partial charge in [0.15, 0.2) is 0 Å². The number of phenols is 1. The number of likely N-dealkylation sites (N-methyl/N-ethyl adjacent to an activating group) is 1. The first-order chi connectivity index (χ1) is 14.4. The molecule has 2 atom stereocenters. The van der Waals surface area contributed by atoms with Crippen LogP contribution in [0.15, 0.2) is 36.5 Å². The first kappa shape index (κ1) is 18.8. The van der Waals surface area contributed by atoms with Crippen molar-refractivity contribution in [2.75, 3.05) is 25.0 Å². The number of fused-ring (bicyclic) bond motifs is 2. The Labute approximate surface area is 175 Å². The molecule has 30 heavy (non-hydrogen) atoms. The summed E-state index contributed by atoms with van der Waals surface area (Å²) in [6.07, 6.45) is 1.95. The molecule has 4 aromatic rings. The minimum atomic E-state index is 0.224. The lowest BCUT2D eigenvalue weighted by molar-refractivity contribution is 0.474. The van der Waals surface area contributed by atoms with Crippen LogP contribution in [0.4, 0.5) is 5.82 Å². The Hall–Kier alpha value is -3.19. The van der Waals surface area contributed by atoms with Crippen molar-refractivity contribution in [2.24, 2.45) is 13.0 Å². The molecule has 7 heteroatoms. The number of hydrogen-bond acceptors (Lipinski definition) is 6. The number of benzene rings is 1. The fraction of sp³-hybridized carbons (Fsp3) is 0.348. The number of aromatic nitrogens is 4. The molecular formula is C23H26N6O. The highest BCUT2D eigenvalue weighted by Crippen LogP contribution is 2.36. The summed E-state index contributed by atoms with van der Waals surface area (Å²) in [6.45, 7) is 6.11. The molecular weight excluding hydrogens is 376 g/mol. The Morgan fingerprint density at radius 2 is 1.87 bits per heavy atom. The van der Waals surface area contributed by atoms with Crippen LogP contribution in [0.3, 0.4) is 0 Å². The number of aromatic hydroxyl groups is 1. The molecule has 154 valence electrons. The van der Waals surface area contributed by atoms with Gasteiger partial charge in [-0.1, -0.05) is 6.92 Å². The second-order valence-electron chi connectivity index (χ2n) is 8.32. The minimum absolute atomic E-state index is 0.224. The van der Waals surface area contributed by atoms with Gasteiger partial charge in [-0.25, -0.2) is 9.97 Å². The molecule has 1 aromatic carbocycles. The summed E-state index contributed by atoms with van der Waals surface area (Å²) in [4.78, 5) is 12.0. The van der Waals surface area contributed by atoms with E-state index in [-0.39, 0.29) is 5.75 Å². The molecule has 0 aliphatic carbocycles. The molecule has 2 N–H and O–H groups in total. The lowest BCUT2D eigenvalue weighted by Gasteiger charge is -2.17. The molecule has 4 heterocycles. The molecule has 0 radical (unpaired) electrons. The number of anilines is 1. The SMILES string of the molecule is CNC1CN(c2ccc3nc(-c4cc5cn(C)nc5c(C)c4O)ccc3n2)CC1C. The van der Waals surface area contributed by atoms with E-state index in [1.807, 2.05) is 57.5 Å². The van der Waals surface area contributed by atoms with Gasteiger partial charge in [-0.05, 0) is 50.2 Å². The van der Waals surface area contributed by atoms with Gasteiger partial charge in [-0.2, -0.15) is 5.10 Å². The van der Waals surface area contributed by atoms with Crippen molar-refractivity contribution >= 4 is 27.8 Å².